The fourth-order valence-corrected chi connectivity index (χ4v) is 3.47. The van der Waals surface area contributed by atoms with Gasteiger partial charge in [0.05, 0.1) is 25.9 Å². The summed E-state index contributed by atoms with van der Waals surface area (Å²) in [6.07, 6.45) is 3.34. The third kappa shape index (κ3) is 7.42. The molecule has 1 aliphatic rings. The molecule has 6 heteroatoms. The van der Waals surface area contributed by atoms with Crippen LogP contribution in [0.3, 0.4) is 0 Å². The van der Waals surface area contributed by atoms with Gasteiger partial charge in [-0.2, -0.15) is 0 Å². The number of methoxy groups -OCH3 is 1. The number of rotatable bonds is 9. The second kappa shape index (κ2) is 11.5. The van der Waals surface area contributed by atoms with Gasteiger partial charge in [0.25, 0.3) is 0 Å². The number of morpholine rings is 1. The molecule has 0 saturated carbocycles. The standard InChI is InChI=1S/C25H32N2O4/c1-19(2)31-23-11-9-20(15-24(23)29-3)10-12-25(28)26-16-22-18-27(13-14-30-22)17-21-7-5-4-6-8-21/h4-12,15,19,22H,13-14,16-18H2,1-3H3,(H,26,28). The molecule has 0 aliphatic carbocycles. The van der Waals surface area contributed by atoms with Gasteiger partial charge >= 0.3 is 0 Å². The lowest BCUT2D eigenvalue weighted by molar-refractivity contribution is -0.117. The zero-order valence-corrected chi connectivity index (χ0v) is 18.5. The molecule has 0 radical (unpaired) electrons. The van der Waals surface area contributed by atoms with E-state index in [2.05, 4.69) is 34.5 Å². The van der Waals surface area contributed by atoms with Crippen molar-refractivity contribution < 1.29 is 19.0 Å². The molecule has 166 valence electrons. The fraction of sp³-hybridized carbons (Fsp3) is 0.400. The summed E-state index contributed by atoms with van der Waals surface area (Å²) in [5.74, 6) is 1.18. The van der Waals surface area contributed by atoms with Crippen LogP contribution in [0, 0.1) is 0 Å². The van der Waals surface area contributed by atoms with Crippen molar-refractivity contribution in [1.82, 2.24) is 10.2 Å². The maximum Gasteiger partial charge on any atom is 0.244 e. The van der Waals surface area contributed by atoms with Gasteiger partial charge in [0.15, 0.2) is 11.5 Å². The second-order valence-electron chi connectivity index (χ2n) is 7.87. The molecular weight excluding hydrogens is 392 g/mol. The van der Waals surface area contributed by atoms with Crippen molar-refractivity contribution in [2.75, 3.05) is 33.4 Å². The third-order valence-corrected chi connectivity index (χ3v) is 4.95. The molecule has 1 heterocycles. The van der Waals surface area contributed by atoms with Crippen LogP contribution in [0.4, 0.5) is 0 Å². The highest BCUT2D eigenvalue weighted by atomic mass is 16.5. The SMILES string of the molecule is COc1cc(C=CC(=O)NCC2CN(Cc3ccccc3)CCO2)ccc1OC(C)C. The topological polar surface area (TPSA) is 60.0 Å². The molecule has 1 saturated heterocycles. The molecule has 1 atom stereocenters. The van der Waals surface area contributed by atoms with Crippen LogP contribution in [-0.2, 0) is 16.1 Å². The summed E-state index contributed by atoms with van der Waals surface area (Å²) in [6, 6.07) is 16.0. The van der Waals surface area contributed by atoms with Crippen molar-refractivity contribution >= 4 is 12.0 Å². The minimum absolute atomic E-state index is 0.0117. The van der Waals surface area contributed by atoms with Gasteiger partial charge in [-0.05, 0) is 43.2 Å². The largest absolute Gasteiger partial charge is 0.493 e. The van der Waals surface area contributed by atoms with E-state index in [1.165, 1.54) is 11.6 Å². The molecule has 1 fully saturated rings. The van der Waals surface area contributed by atoms with Crippen molar-refractivity contribution in [2.45, 2.75) is 32.6 Å². The van der Waals surface area contributed by atoms with Crippen molar-refractivity contribution in [1.29, 1.82) is 0 Å². The van der Waals surface area contributed by atoms with Crippen LogP contribution in [0.25, 0.3) is 6.08 Å². The van der Waals surface area contributed by atoms with Crippen LogP contribution in [0.15, 0.2) is 54.6 Å². The van der Waals surface area contributed by atoms with Crippen LogP contribution in [0.5, 0.6) is 11.5 Å². The molecule has 2 aromatic rings. The average Bonchev–Trinajstić information content (AvgIpc) is 2.77. The number of nitrogens with zero attached hydrogens (tertiary/aromatic N) is 1. The molecule has 31 heavy (non-hydrogen) atoms. The predicted molar refractivity (Wildman–Crippen MR) is 122 cm³/mol. The Labute approximate surface area is 184 Å². The Morgan fingerprint density at radius 1 is 1.23 bits per heavy atom. The van der Waals surface area contributed by atoms with Crippen molar-refractivity contribution in [3.63, 3.8) is 0 Å². The van der Waals surface area contributed by atoms with Crippen LogP contribution in [0.2, 0.25) is 0 Å². The van der Waals surface area contributed by atoms with Gasteiger partial charge in [0.1, 0.15) is 0 Å². The van der Waals surface area contributed by atoms with E-state index in [-0.39, 0.29) is 18.1 Å². The van der Waals surface area contributed by atoms with Gasteiger partial charge in [0.2, 0.25) is 5.91 Å². The fourth-order valence-electron chi connectivity index (χ4n) is 3.47. The zero-order chi connectivity index (χ0) is 22.1. The summed E-state index contributed by atoms with van der Waals surface area (Å²) < 4.78 is 16.9. The minimum Gasteiger partial charge on any atom is -0.493 e. The smallest absolute Gasteiger partial charge is 0.244 e. The molecule has 0 aromatic heterocycles. The highest BCUT2D eigenvalue weighted by Gasteiger charge is 2.20. The number of amides is 1. The Bertz CT molecular complexity index is 867. The molecule has 1 N–H and O–H groups in total. The van der Waals surface area contributed by atoms with Gasteiger partial charge in [-0.25, -0.2) is 0 Å². The van der Waals surface area contributed by atoms with Crippen LogP contribution >= 0.6 is 0 Å². The highest BCUT2D eigenvalue weighted by molar-refractivity contribution is 5.91. The van der Waals surface area contributed by atoms with Gasteiger partial charge in [-0.15, -0.1) is 0 Å². The molecular formula is C25H32N2O4. The normalized spacial score (nSPS) is 17.1. The molecule has 2 aromatic carbocycles. The second-order valence-corrected chi connectivity index (χ2v) is 7.87. The first-order valence-corrected chi connectivity index (χ1v) is 10.7. The number of hydrogen-bond donors (Lipinski definition) is 1. The molecule has 1 unspecified atom stereocenters. The number of benzene rings is 2. The summed E-state index contributed by atoms with van der Waals surface area (Å²) >= 11 is 0. The lowest BCUT2D eigenvalue weighted by Crippen LogP contribution is -2.46. The Morgan fingerprint density at radius 2 is 2.03 bits per heavy atom. The van der Waals surface area contributed by atoms with Gasteiger partial charge in [-0.1, -0.05) is 36.4 Å². The summed E-state index contributed by atoms with van der Waals surface area (Å²) in [7, 11) is 1.61. The zero-order valence-electron chi connectivity index (χ0n) is 18.5. The molecule has 1 aliphatic heterocycles. The van der Waals surface area contributed by atoms with Crippen molar-refractivity contribution in [2.24, 2.45) is 0 Å². The third-order valence-electron chi connectivity index (χ3n) is 4.95. The van der Waals surface area contributed by atoms with E-state index in [1.807, 2.05) is 38.1 Å². The van der Waals surface area contributed by atoms with Crippen LogP contribution < -0.4 is 14.8 Å². The molecule has 6 nitrogen and oxygen atoms in total. The number of carbonyl (C=O) groups excluding carboxylic acids is 1. The van der Waals surface area contributed by atoms with Crippen LogP contribution in [0.1, 0.15) is 25.0 Å². The summed E-state index contributed by atoms with van der Waals surface area (Å²) in [5.41, 5.74) is 2.15. The molecule has 3 rings (SSSR count). The molecule has 1 amide bonds. The number of hydrogen-bond acceptors (Lipinski definition) is 5. The van der Waals surface area contributed by atoms with Gasteiger partial charge < -0.3 is 19.5 Å². The Hall–Kier alpha value is -2.83. The Balaban J connectivity index is 1.47. The van der Waals surface area contributed by atoms with E-state index < -0.39 is 0 Å². The number of ether oxygens (including phenoxy) is 3. The quantitative estimate of drug-likeness (QED) is 0.624. The lowest BCUT2D eigenvalue weighted by atomic mass is 10.1. The monoisotopic (exact) mass is 424 g/mol. The van der Waals surface area contributed by atoms with E-state index in [0.717, 1.165) is 25.2 Å². The first-order chi connectivity index (χ1) is 15.0. The van der Waals surface area contributed by atoms with Crippen molar-refractivity contribution in [3.8, 4) is 11.5 Å². The highest BCUT2D eigenvalue weighted by Crippen LogP contribution is 2.29. The number of carbonyl (C=O) groups is 1. The van der Waals surface area contributed by atoms with E-state index in [9.17, 15) is 4.79 Å². The summed E-state index contributed by atoms with van der Waals surface area (Å²) in [6.45, 7) is 7.69. The first-order valence-electron chi connectivity index (χ1n) is 10.7. The summed E-state index contributed by atoms with van der Waals surface area (Å²) in [5, 5.41) is 2.94. The van der Waals surface area contributed by atoms with Crippen molar-refractivity contribution in [3.05, 3.63) is 65.7 Å². The summed E-state index contributed by atoms with van der Waals surface area (Å²) in [4.78, 5) is 14.6. The van der Waals surface area contributed by atoms with Crippen LogP contribution in [-0.4, -0.2) is 56.4 Å². The average molecular weight is 425 g/mol. The lowest BCUT2D eigenvalue weighted by Gasteiger charge is -2.33. The van der Waals surface area contributed by atoms with E-state index in [1.54, 1.807) is 13.2 Å². The maximum absolute atomic E-state index is 12.3. The maximum atomic E-state index is 12.3. The first kappa shape index (κ1) is 22.8. The predicted octanol–water partition coefficient (Wildman–Crippen LogP) is 3.51. The van der Waals surface area contributed by atoms with E-state index >= 15 is 0 Å². The Morgan fingerprint density at radius 3 is 2.77 bits per heavy atom. The Kier molecular flexibility index (Phi) is 8.50. The molecule has 0 bridgehead atoms. The van der Waals surface area contributed by atoms with Gasteiger partial charge in [-0.3, -0.25) is 9.69 Å². The van der Waals surface area contributed by atoms with Gasteiger partial charge in [0, 0.05) is 32.3 Å². The number of nitrogens with one attached hydrogen (secondary N) is 1. The minimum atomic E-state index is -0.148. The van der Waals surface area contributed by atoms with E-state index in [4.69, 9.17) is 14.2 Å². The molecule has 0 spiro atoms. The van der Waals surface area contributed by atoms with E-state index in [0.29, 0.717) is 24.7 Å².